The Morgan fingerprint density at radius 3 is 2.67 bits per heavy atom. The molecule has 5 nitrogen and oxygen atoms in total. The van der Waals surface area contributed by atoms with E-state index in [0.717, 1.165) is 11.5 Å². The highest BCUT2D eigenvalue weighted by atomic mass is 32.2. The Kier molecular flexibility index (Phi) is 3.87. The summed E-state index contributed by atoms with van der Waals surface area (Å²) in [5.41, 5.74) is -0.510. The molecule has 0 bridgehead atoms. The first kappa shape index (κ1) is 13.7. The Morgan fingerprint density at radius 2 is 2.17 bits per heavy atom. The zero-order chi connectivity index (χ0) is 13.3. The lowest BCUT2D eigenvalue weighted by atomic mass is 10.1. The molecule has 2 rings (SSSR count). The van der Waals surface area contributed by atoms with Gasteiger partial charge in [-0.1, -0.05) is 0 Å². The number of carbonyl (C=O) groups excluding carboxylic acids is 2. The van der Waals surface area contributed by atoms with E-state index in [1.54, 1.807) is 11.8 Å². The van der Waals surface area contributed by atoms with E-state index >= 15 is 0 Å². The molecule has 0 unspecified atom stereocenters. The Labute approximate surface area is 111 Å². The Balaban J connectivity index is 1.84. The molecule has 0 aliphatic carbocycles. The Morgan fingerprint density at radius 1 is 1.50 bits per heavy atom. The van der Waals surface area contributed by atoms with Gasteiger partial charge in [0.2, 0.25) is 0 Å². The van der Waals surface area contributed by atoms with E-state index in [1.807, 2.05) is 20.8 Å². The van der Waals surface area contributed by atoms with E-state index < -0.39 is 5.60 Å². The van der Waals surface area contributed by atoms with Gasteiger partial charge in [-0.25, -0.2) is 5.06 Å². The topological polar surface area (TPSA) is 55.8 Å². The van der Waals surface area contributed by atoms with Crippen LogP contribution in [0.25, 0.3) is 0 Å². The first-order valence-corrected chi connectivity index (χ1v) is 7.28. The molecule has 18 heavy (non-hydrogen) atoms. The summed E-state index contributed by atoms with van der Waals surface area (Å²) < 4.78 is 5.21. The van der Waals surface area contributed by atoms with E-state index in [2.05, 4.69) is 0 Å². The van der Waals surface area contributed by atoms with Gasteiger partial charge < -0.3 is 4.74 Å². The number of hydrogen-bond acceptors (Lipinski definition) is 5. The van der Waals surface area contributed by atoms with Crippen LogP contribution in [-0.4, -0.2) is 46.7 Å². The largest absolute Gasteiger partial charge is 0.460 e. The number of hydroxylamine groups is 2. The normalized spacial score (nSPS) is 25.2. The fourth-order valence-corrected chi connectivity index (χ4v) is 2.58. The van der Waals surface area contributed by atoms with Gasteiger partial charge in [-0.05, 0) is 20.8 Å². The number of hydrogen-bond donors (Lipinski definition) is 0. The van der Waals surface area contributed by atoms with Gasteiger partial charge in [0.15, 0.2) is 0 Å². The van der Waals surface area contributed by atoms with E-state index in [1.165, 1.54) is 5.06 Å². The number of nitrogens with zero attached hydrogens (tertiary/aromatic N) is 1. The van der Waals surface area contributed by atoms with Crippen LogP contribution in [0.4, 0.5) is 0 Å². The molecular formula is C12H19NO4S. The molecule has 0 radical (unpaired) electrons. The van der Waals surface area contributed by atoms with Gasteiger partial charge in [-0.15, -0.1) is 0 Å². The van der Waals surface area contributed by atoms with Gasteiger partial charge >= 0.3 is 5.97 Å². The Hall–Kier alpha value is -0.750. The first-order valence-electron chi connectivity index (χ1n) is 6.12. The van der Waals surface area contributed by atoms with Crippen LogP contribution < -0.4 is 0 Å². The summed E-state index contributed by atoms with van der Waals surface area (Å²) >= 11 is 1.79. The summed E-state index contributed by atoms with van der Waals surface area (Å²) in [6, 6.07) is 0.186. The first-order chi connectivity index (χ1) is 8.37. The molecule has 1 atom stereocenters. The second kappa shape index (κ2) is 5.09. The van der Waals surface area contributed by atoms with Gasteiger partial charge in [-0.2, -0.15) is 11.8 Å². The minimum Gasteiger partial charge on any atom is -0.460 e. The van der Waals surface area contributed by atoms with Crippen LogP contribution in [0.15, 0.2) is 0 Å². The SMILES string of the molecule is CC(C)(C)OC(=O)C[C@@H]1CON(C2CSC2)C1=O. The molecule has 0 aromatic heterocycles. The van der Waals surface area contributed by atoms with Crippen molar-refractivity contribution in [3.63, 3.8) is 0 Å². The molecule has 2 aliphatic heterocycles. The minimum absolute atomic E-state index is 0.0776. The van der Waals surface area contributed by atoms with Gasteiger partial charge in [-0.3, -0.25) is 14.4 Å². The molecule has 0 spiro atoms. The average Bonchev–Trinajstić information content (AvgIpc) is 2.44. The third-order valence-electron chi connectivity index (χ3n) is 2.77. The van der Waals surface area contributed by atoms with Crippen molar-refractivity contribution in [3.05, 3.63) is 0 Å². The summed E-state index contributed by atoms with van der Waals surface area (Å²) in [7, 11) is 0. The summed E-state index contributed by atoms with van der Waals surface area (Å²) in [5, 5.41) is 1.45. The van der Waals surface area contributed by atoms with Crippen LogP contribution >= 0.6 is 11.8 Å². The van der Waals surface area contributed by atoms with Crippen molar-refractivity contribution in [2.24, 2.45) is 5.92 Å². The lowest BCUT2D eigenvalue weighted by Gasteiger charge is -2.32. The highest BCUT2D eigenvalue weighted by Gasteiger charge is 2.41. The molecule has 0 aromatic carbocycles. The number of amides is 1. The second-order valence-electron chi connectivity index (χ2n) is 5.64. The zero-order valence-corrected chi connectivity index (χ0v) is 11.8. The maximum absolute atomic E-state index is 12.0. The summed E-state index contributed by atoms with van der Waals surface area (Å²) in [4.78, 5) is 29.1. The van der Waals surface area contributed by atoms with Gasteiger partial charge in [0.25, 0.3) is 5.91 Å². The predicted octanol–water partition coefficient (Wildman–Crippen LogP) is 1.22. The van der Waals surface area contributed by atoms with E-state index in [4.69, 9.17) is 9.57 Å². The molecule has 6 heteroatoms. The van der Waals surface area contributed by atoms with Gasteiger partial charge in [0, 0.05) is 11.5 Å². The van der Waals surface area contributed by atoms with E-state index in [9.17, 15) is 9.59 Å². The molecule has 0 N–H and O–H groups in total. The monoisotopic (exact) mass is 273 g/mol. The van der Waals surface area contributed by atoms with Crippen LogP contribution in [0.2, 0.25) is 0 Å². The van der Waals surface area contributed by atoms with Crippen LogP contribution in [0.1, 0.15) is 27.2 Å². The molecule has 2 aliphatic rings. The highest BCUT2D eigenvalue weighted by Crippen LogP contribution is 2.29. The van der Waals surface area contributed by atoms with E-state index in [-0.39, 0.29) is 30.3 Å². The smallest absolute Gasteiger partial charge is 0.307 e. The van der Waals surface area contributed by atoms with Crippen molar-refractivity contribution in [1.82, 2.24) is 5.06 Å². The van der Waals surface area contributed by atoms with Crippen LogP contribution in [0, 0.1) is 5.92 Å². The minimum atomic E-state index is -0.510. The Bertz CT molecular complexity index is 348. The maximum atomic E-state index is 12.0. The molecule has 0 aromatic rings. The fraction of sp³-hybridized carbons (Fsp3) is 0.833. The molecule has 102 valence electrons. The second-order valence-corrected chi connectivity index (χ2v) is 6.71. The highest BCUT2D eigenvalue weighted by molar-refractivity contribution is 8.00. The summed E-state index contributed by atoms with van der Waals surface area (Å²) in [6.07, 6.45) is 0.104. The van der Waals surface area contributed by atoms with Crippen LogP contribution in [0.5, 0.6) is 0 Å². The van der Waals surface area contributed by atoms with Crippen molar-refractivity contribution in [2.45, 2.75) is 38.8 Å². The number of esters is 1. The summed E-state index contributed by atoms with van der Waals surface area (Å²) in [6.45, 7) is 5.74. The van der Waals surface area contributed by atoms with Gasteiger partial charge in [0.1, 0.15) is 5.60 Å². The van der Waals surface area contributed by atoms with Crippen molar-refractivity contribution >= 4 is 23.6 Å². The average molecular weight is 273 g/mol. The maximum Gasteiger partial charge on any atom is 0.307 e. The fourth-order valence-electron chi connectivity index (χ4n) is 1.86. The zero-order valence-electron chi connectivity index (χ0n) is 11.0. The number of thioether (sulfide) groups is 1. The quantitative estimate of drug-likeness (QED) is 0.724. The van der Waals surface area contributed by atoms with Crippen LogP contribution in [-0.2, 0) is 19.2 Å². The number of rotatable bonds is 3. The van der Waals surface area contributed by atoms with Crippen molar-refractivity contribution in [2.75, 3.05) is 18.1 Å². The molecule has 0 saturated carbocycles. The molecule has 2 fully saturated rings. The third kappa shape index (κ3) is 3.17. The number of ether oxygens (including phenoxy) is 1. The predicted molar refractivity (Wildman–Crippen MR) is 67.9 cm³/mol. The van der Waals surface area contributed by atoms with Crippen molar-refractivity contribution in [3.8, 4) is 0 Å². The van der Waals surface area contributed by atoms with E-state index in [0.29, 0.717) is 6.61 Å². The molecule has 1 amide bonds. The van der Waals surface area contributed by atoms with Gasteiger partial charge in [0.05, 0.1) is 25.0 Å². The molecule has 2 heterocycles. The van der Waals surface area contributed by atoms with Crippen molar-refractivity contribution < 1.29 is 19.2 Å². The third-order valence-corrected chi connectivity index (χ3v) is 4.01. The van der Waals surface area contributed by atoms with Crippen molar-refractivity contribution in [1.29, 1.82) is 0 Å². The standard InChI is InChI=1S/C12H19NO4S/c1-12(2,3)17-10(14)4-8-5-16-13(11(8)15)9-6-18-7-9/h8-9H,4-7H2,1-3H3/t8-/m1/s1. The lowest BCUT2D eigenvalue weighted by Crippen LogP contribution is -2.45. The summed E-state index contributed by atoms with van der Waals surface area (Å²) in [5.74, 6) is 1.04. The molecular weight excluding hydrogens is 254 g/mol. The molecule has 2 saturated heterocycles. The lowest BCUT2D eigenvalue weighted by molar-refractivity contribution is -0.170. The van der Waals surface area contributed by atoms with Crippen LogP contribution in [0.3, 0.4) is 0 Å². The number of carbonyl (C=O) groups is 2.